The van der Waals surface area contributed by atoms with Gasteiger partial charge in [-0.25, -0.2) is 9.59 Å². The molecule has 0 spiro atoms. The van der Waals surface area contributed by atoms with Crippen LogP contribution in [0.1, 0.15) is 46.8 Å². The standard InChI is InChI=1S/C31H32BrNO6S/c1-18-14-21(15-19(2)28(18)39-31(3,4)29(35)36)25-16-33(30(37)38-23-10-8-22(32)9-11-23)17-26(25)27(34)20-6-12-24(40-5)13-7-20/h6-15,25-26H,16-17H2,1-5H3,(H,35,36)/t25-,26+/m0/s1. The van der Waals surface area contributed by atoms with Gasteiger partial charge in [-0.1, -0.05) is 40.2 Å². The molecule has 3 aromatic carbocycles. The highest BCUT2D eigenvalue weighted by Crippen LogP contribution is 2.39. The predicted octanol–water partition coefficient (Wildman–Crippen LogP) is 7.13. The average molecular weight is 627 g/mol. The number of hydrogen-bond donors (Lipinski definition) is 1. The maximum Gasteiger partial charge on any atom is 0.415 e. The lowest BCUT2D eigenvalue weighted by Gasteiger charge is -2.26. The summed E-state index contributed by atoms with van der Waals surface area (Å²) < 4.78 is 12.4. The third-order valence-electron chi connectivity index (χ3n) is 7.09. The molecule has 1 saturated heterocycles. The van der Waals surface area contributed by atoms with Crippen LogP contribution in [0.2, 0.25) is 0 Å². The maximum absolute atomic E-state index is 13.8. The lowest BCUT2D eigenvalue weighted by Crippen LogP contribution is -2.38. The molecule has 40 heavy (non-hydrogen) atoms. The molecule has 3 aromatic rings. The van der Waals surface area contributed by atoms with E-state index in [-0.39, 0.29) is 18.2 Å². The number of thioether (sulfide) groups is 1. The number of Topliss-reactive ketones (excluding diaryl/α,β-unsaturated/α-hetero) is 1. The first kappa shape index (κ1) is 29.7. The van der Waals surface area contributed by atoms with E-state index < -0.39 is 23.6 Å². The highest BCUT2D eigenvalue weighted by Gasteiger charge is 2.42. The van der Waals surface area contributed by atoms with Crippen molar-refractivity contribution in [1.82, 2.24) is 4.90 Å². The van der Waals surface area contributed by atoms with Crippen molar-refractivity contribution in [3.63, 3.8) is 0 Å². The SMILES string of the molecule is CSc1ccc(C(=O)[C@@H]2CN(C(=O)Oc3ccc(Br)cc3)C[C@H]2c2cc(C)c(OC(C)(C)C(=O)O)c(C)c2)cc1. The van der Waals surface area contributed by atoms with E-state index in [0.29, 0.717) is 23.6 Å². The monoisotopic (exact) mass is 625 g/mol. The molecule has 0 radical (unpaired) electrons. The number of aliphatic carboxylic acids is 1. The Morgan fingerprint density at radius 1 is 0.975 bits per heavy atom. The smallest absolute Gasteiger partial charge is 0.415 e. The molecule has 1 aliphatic rings. The van der Waals surface area contributed by atoms with Gasteiger partial charge < -0.3 is 19.5 Å². The summed E-state index contributed by atoms with van der Waals surface area (Å²) in [5.74, 6) is -0.969. The van der Waals surface area contributed by atoms with Crippen LogP contribution in [0.5, 0.6) is 11.5 Å². The number of hydrogen-bond acceptors (Lipinski definition) is 6. The fraction of sp³-hybridized carbons (Fsp3) is 0.323. The highest BCUT2D eigenvalue weighted by atomic mass is 79.9. The number of halogens is 1. The number of rotatable bonds is 8. The highest BCUT2D eigenvalue weighted by molar-refractivity contribution is 9.10. The first-order chi connectivity index (χ1) is 18.9. The van der Waals surface area contributed by atoms with E-state index >= 15 is 0 Å². The summed E-state index contributed by atoms with van der Waals surface area (Å²) in [7, 11) is 0. The molecule has 9 heteroatoms. The number of carbonyl (C=O) groups excluding carboxylic acids is 2. The summed E-state index contributed by atoms with van der Waals surface area (Å²) in [4.78, 5) is 41.3. The van der Waals surface area contributed by atoms with Gasteiger partial charge in [-0.2, -0.15) is 0 Å². The van der Waals surface area contributed by atoms with E-state index in [0.717, 1.165) is 26.1 Å². The molecular weight excluding hydrogens is 594 g/mol. The van der Waals surface area contributed by atoms with Gasteiger partial charge in [0.25, 0.3) is 0 Å². The molecule has 0 aromatic heterocycles. The Kier molecular flexibility index (Phi) is 8.95. The number of amides is 1. The molecule has 1 fully saturated rings. The fourth-order valence-corrected chi connectivity index (χ4v) is 5.52. The third-order valence-corrected chi connectivity index (χ3v) is 8.36. The number of carbonyl (C=O) groups is 3. The second-order valence-electron chi connectivity index (χ2n) is 10.4. The van der Waals surface area contributed by atoms with Crippen LogP contribution in [0.25, 0.3) is 0 Å². The molecule has 7 nitrogen and oxygen atoms in total. The van der Waals surface area contributed by atoms with Gasteiger partial charge >= 0.3 is 12.1 Å². The number of ketones is 1. The molecule has 1 N–H and O–H groups in total. The molecule has 2 atom stereocenters. The van der Waals surface area contributed by atoms with E-state index in [2.05, 4.69) is 15.9 Å². The van der Waals surface area contributed by atoms with Gasteiger partial charge in [-0.3, -0.25) is 4.79 Å². The number of nitrogens with zero attached hydrogens (tertiary/aromatic N) is 1. The van der Waals surface area contributed by atoms with Crippen molar-refractivity contribution in [3.05, 3.63) is 87.4 Å². The Labute approximate surface area is 247 Å². The van der Waals surface area contributed by atoms with Crippen LogP contribution in [0.15, 0.2) is 70.0 Å². The van der Waals surface area contributed by atoms with Crippen molar-refractivity contribution in [1.29, 1.82) is 0 Å². The van der Waals surface area contributed by atoms with Crippen molar-refractivity contribution in [2.45, 2.75) is 44.1 Å². The molecule has 0 saturated carbocycles. The van der Waals surface area contributed by atoms with Gasteiger partial charge in [0.1, 0.15) is 11.5 Å². The number of benzene rings is 3. The second-order valence-corrected chi connectivity index (χ2v) is 12.2. The Balaban J connectivity index is 1.66. The number of carboxylic acid groups (broad SMARTS) is 1. The van der Waals surface area contributed by atoms with Crippen LogP contribution >= 0.6 is 27.7 Å². The number of aryl methyl sites for hydroxylation is 2. The lowest BCUT2D eigenvalue weighted by molar-refractivity contribution is -0.152. The van der Waals surface area contributed by atoms with E-state index in [1.165, 1.54) is 13.8 Å². The molecule has 0 bridgehead atoms. The largest absolute Gasteiger partial charge is 0.478 e. The van der Waals surface area contributed by atoms with Crippen molar-refractivity contribution < 1.29 is 29.0 Å². The molecule has 1 amide bonds. The summed E-state index contributed by atoms with van der Waals surface area (Å²) in [6, 6.07) is 18.3. The van der Waals surface area contributed by atoms with E-state index in [1.54, 1.807) is 40.9 Å². The van der Waals surface area contributed by atoms with Gasteiger partial charge in [-0.15, -0.1) is 11.8 Å². The molecule has 210 valence electrons. The topological polar surface area (TPSA) is 93.1 Å². The summed E-state index contributed by atoms with van der Waals surface area (Å²) >= 11 is 4.98. The zero-order chi connectivity index (χ0) is 29.2. The first-order valence-electron chi connectivity index (χ1n) is 12.8. The number of likely N-dealkylation sites (tertiary alicyclic amines) is 1. The van der Waals surface area contributed by atoms with E-state index in [4.69, 9.17) is 9.47 Å². The number of carboxylic acids is 1. The molecule has 1 aliphatic heterocycles. The number of ether oxygens (including phenoxy) is 2. The minimum absolute atomic E-state index is 0.0424. The van der Waals surface area contributed by atoms with E-state index in [9.17, 15) is 19.5 Å². The Hall–Kier alpha value is -3.30. The van der Waals surface area contributed by atoms with Gasteiger partial charge in [0.15, 0.2) is 11.4 Å². The maximum atomic E-state index is 13.8. The normalized spacial score (nSPS) is 17.0. The second kappa shape index (κ2) is 12.1. The fourth-order valence-electron chi connectivity index (χ4n) is 4.85. The Morgan fingerprint density at radius 2 is 1.57 bits per heavy atom. The van der Waals surface area contributed by atoms with Crippen molar-refractivity contribution in [2.24, 2.45) is 5.92 Å². The Morgan fingerprint density at radius 3 is 2.12 bits per heavy atom. The van der Waals surface area contributed by atoms with Gasteiger partial charge in [0, 0.05) is 39.9 Å². The van der Waals surface area contributed by atoms with Crippen LogP contribution < -0.4 is 9.47 Å². The summed E-state index contributed by atoms with van der Waals surface area (Å²) in [5, 5.41) is 9.53. The van der Waals surface area contributed by atoms with Crippen LogP contribution in [0.3, 0.4) is 0 Å². The van der Waals surface area contributed by atoms with Crippen molar-refractivity contribution >= 4 is 45.5 Å². The molecule has 1 heterocycles. The molecular formula is C31H32BrNO6S. The minimum atomic E-state index is -1.40. The quantitative estimate of drug-likeness (QED) is 0.210. The third kappa shape index (κ3) is 6.53. The predicted molar refractivity (Wildman–Crippen MR) is 159 cm³/mol. The average Bonchev–Trinajstić information content (AvgIpc) is 3.37. The van der Waals surface area contributed by atoms with Crippen molar-refractivity contribution in [2.75, 3.05) is 19.3 Å². The summed E-state index contributed by atoms with van der Waals surface area (Å²) in [6.45, 7) is 7.24. The summed E-state index contributed by atoms with van der Waals surface area (Å²) in [6.07, 6.45) is 1.46. The lowest BCUT2D eigenvalue weighted by atomic mass is 9.82. The van der Waals surface area contributed by atoms with Crippen molar-refractivity contribution in [3.8, 4) is 11.5 Å². The molecule has 0 unspecified atom stereocenters. The van der Waals surface area contributed by atoms with E-state index in [1.807, 2.05) is 56.5 Å². The Bertz CT molecular complexity index is 1400. The molecule has 0 aliphatic carbocycles. The molecule has 4 rings (SSSR count). The van der Waals surface area contributed by atoms with Crippen LogP contribution in [0.4, 0.5) is 4.79 Å². The zero-order valence-corrected chi connectivity index (χ0v) is 25.5. The van der Waals surface area contributed by atoms with Crippen LogP contribution in [0, 0.1) is 19.8 Å². The zero-order valence-electron chi connectivity index (χ0n) is 23.1. The summed E-state index contributed by atoms with van der Waals surface area (Å²) in [5.41, 5.74) is 1.59. The van der Waals surface area contributed by atoms with Gasteiger partial charge in [0.05, 0.1) is 0 Å². The van der Waals surface area contributed by atoms with Crippen LogP contribution in [-0.4, -0.2) is 52.8 Å². The van der Waals surface area contributed by atoms with Gasteiger partial charge in [-0.05, 0) is 87.0 Å². The van der Waals surface area contributed by atoms with Gasteiger partial charge in [0.2, 0.25) is 0 Å². The minimum Gasteiger partial charge on any atom is -0.478 e. The first-order valence-corrected chi connectivity index (χ1v) is 14.9. The van der Waals surface area contributed by atoms with Crippen LogP contribution in [-0.2, 0) is 4.79 Å².